The van der Waals surface area contributed by atoms with E-state index in [-0.39, 0.29) is 22.7 Å². The van der Waals surface area contributed by atoms with Crippen molar-refractivity contribution in [3.63, 3.8) is 0 Å². The fourth-order valence-electron chi connectivity index (χ4n) is 4.29. The van der Waals surface area contributed by atoms with Gasteiger partial charge in [-0.2, -0.15) is 0 Å². The third-order valence-electron chi connectivity index (χ3n) is 5.65. The molecular formula is C20H30N2O2S. The molecule has 5 heteroatoms. The molecule has 0 radical (unpaired) electrons. The maximum Gasteiger partial charge on any atom is 0.315 e. The molecule has 0 spiro atoms. The van der Waals surface area contributed by atoms with Crippen LogP contribution in [0.15, 0.2) is 24.3 Å². The zero-order valence-corrected chi connectivity index (χ0v) is 16.2. The molecule has 0 aromatic heterocycles. The van der Waals surface area contributed by atoms with E-state index in [2.05, 4.69) is 41.8 Å². The Hall–Kier alpha value is -1.36. The van der Waals surface area contributed by atoms with Gasteiger partial charge in [-0.15, -0.1) is 0 Å². The molecule has 2 amide bonds. The van der Waals surface area contributed by atoms with E-state index in [1.54, 1.807) is 0 Å². The van der Waals surface area contributed by atoms with Gasteiger partial charge in [0.15, 0.2) is 0 Å². The van der Waals surface area contributed by atoms with Gasteiger partial charge >= 0.3 is 6.03 Å². The van der Waals surface area contributed by atoms with Crippen molar-refractivity contribution in [2.75, 3.05) is 12.3 Å². The smallest absolute Gasteiger partial charge is 0.315 e. The molecule has 3 rings (SSSR count). The maximum absolute atomic E-state index is 12.3. The van der Waals surface area contributed by atoms with Crippen LogP contribution in [0.25, 0.3) is 0 Å². The molecule has 3 unspecified atom stereocenters. The van der Waals surface area contributed by atoms with Gasteiger partial charge in [0.25, 0.3) is 0 Å². The number of benzene rings is 1. The standard InChI is InChI=1S/C20H30N2O2S/c1-3-25(24)18-10-6-9-17(11-18)22-19(23)21-14-20(2)12-15-7-4-5-8-16(15)13-20/h4-5,7-8,17-18H,3,6,9-14H2,1-2H3,(H2,21,22,23). The summed E-state index contributed by atoms with van der Waals surface area (Å²) in [5.74, 6) is 0.711. The second-order valence-electron chi connectivity index (χ2n) is 7.91. The summed E-state index contributed by atoms with van der Waals surface area (Å²) >= 11 is 0. The molecule has 2 N–H and O–H groups in total. The van der Waals surface area contributed by atoms with Crippen LogP contribution in [0.5, 0.6) is 0 Å². The van der Waals surface area contributed by atoms with Crippen LogP contribution in [0.2, 0.25) is 0 Å². The Bertz CT molecular complexity index is 621. The molecule has 25 heavy (non-hydrogen) atoms. The van der Waals surface area contributed by atoms with Gasteiger partial charge in [0.2, 0.25) is 0 Å². The van der Waals surface area contributed by atoms with Crippen molar-refractivity contribution in [3.05, 3.63) is 35.4 Å². The highest BCUT2D eigenvalue weighted by atomic mass is 32.2. The lowest BCUT2D eigenvalue weighted by molar-refractivity contribution is 0.225. The van der Waals surface area contributed by atoms with Crippen LogP contribution in [-0.4, -0.2) is 33.8 Å². The number of carbonyl (C=O) groups is 1. The Morgan fingerprint density at radius 3 is 2.56 bits per heavy atom. The summed E-state index contributed by atoms with van der Waals surface area (Å²) in [5, 5.41) is 6.43. The molecule has 138 valence electrons. The number of urea groups is 1. The lowest BCUT2D eigenvalue weighted by atomic mass is 9.87. The van der Waals surface area contributed by atoms with E-state index in [1.807, 2.05) is 6.92 Å². The maximum atomic E-state index is 12.3. The van der Waals surface area contributed by atoms with Crippen LogP contribution in [0.4, 0.5) is 4.79 Å². The van der Waals surface area contributed by atoms with Gasteiger partial charge in [-0.3, -0.25) is 4.21 Å². The quantitative estimate of drug-likeness (QED) is 0.845. The largest absolute Gasteiger partial charge is 0.338 e. The number of amides is 2. The summed E-state index contributed by atoms with van der Waals surface area (Å²) < 4.78 is 12.0. The average Bonchev–Trinajstić information content (AvgIpc) is 2.96. The van der Waals surface area contributed by atoms with Crippen molar-refractivity contribution in [1.29, 1.82) is 0 Å². The molecule has 0 heterocycles. The summed E-state index contributed by atoms with van der Waals surface area (Å²) in [7, 11) is -0.756. The van der Waals surface area contributed by atoms with E-state index < -0.39 is 10.8 Å². The Kier molecular flexibility index (Phi) is 5.82. The lowest BCUT2D eigenvalue weighted by Gasteiger charge is -2.30. The lowest BCUT2D eigenvalue weighted by Crippen LogP contribution is -2.48. The minimum Gasteiger partial charge on any atom is -0.338 e. The predicted molar refractivity (Wildman–Crippen MR) is 103 cm³/mol. The number of carbonyl (C=O) groups excluding carboxylic acids is 1. The third kappa shape index (κ3) is 4.63. The van der Waals surface area contributed by atoms with Crippen molar-refractivity contribution in [1.82, 2.24) is 10.6 Å². The van der Waals surface area contributed by atoms with Gasteiger partial charge < -0.3 is 10.6 Å². The molecule has 1 fully saturated rings. The highest BCUT2D eigenvalue weighted by molar-refractivity contribution is 7.85. The molecular weight excluding hydrogens is 332 g/mol. The van der Waals surface area contributed by atoms with E-state index in [4.69, 9.17) is 0 Å². The second kappa shape index (κ2) is 7.90. The van der Waals surface area contributed by atoms with E-state index in [0.29, 0.717) is 12.3 Å². The fourth-order valence-corrected chi connectivity index (χ4v) is 5.64. The Morgan fingerprint density at radius 2 is 1.92 bits per heavy atom. The predicted octanol–water partition coefficient (Wildman–Crippen LogP) is 3.17. The topological polar surface area (TPSA) is 58.2 Å². The summed E-state index contributed by atoms with van der Waals surface area (Å²) in [4.78, 5) is 12.3. The summed E-state index contributed by atoms with van der Waals surface area (Å²) in [6.07, 6.45) is 5.95. The fraction of sp³-hybridized carbons (Fsp3) is 0.650. The van der Waals surface area contributed by atoms with Gasteiger partial charge in [-0.05, 0) is 48.6 Å². The summed E-state index contributed by atoms with van der Waals surface area (Å²) in [5.41, 5.74) is 2.91. The SMILES string of the molecule is CCS(=O)C1CCCC(NC(=O)NCC2(C)Cc3ccccc3C2)C1. The molecule has 2 aliphatic carbocycles. The van der Waals surface area contributed by atoms with E-state index in [9.17, 15) is 9.00 Å². The van der Waals surface area contributed by atoms with Crippen LogP contribution in [0, 0.1) is 5.41 Å². The highest BCUT2D eigenvalue weighted by Crippen LogP contribution is 2.35. The van der Waals surface area contributed by atoms with E-state index in [0.717, 1.165) is 38.5 Å². The van der Waals surface area contributed by atoms with Gasteiger partial charge in [0.1, 0.15) is 0 Å². The van der Waals surface area contributed by atoms with Crippen molar-refractivity contribution in [3.8, 4) is 0 Å². The second-order valence-corrected chi connectivity index (χ2v) is 9.92. The molecule has 4 nitrogen and oxygen atoms in total. The Morgan fingerprint density at radius 1 is 1.24 bits per heavy atom. The number of nitrogens with one attached hydrogen (secondary N) is 2. The molecule has 0 saturated heterocycles. The first-order chi connectivity index (χ1) is 12.0. The van der Waals surface area contributed by atoms with Crippen LogP contribution < -0.4 is 10.6 Å². The normalized spacial score (nSPS) is 25.8. The monoisotopic (exact) mass is 362 g/mol. The average molecular weight is 363 g/mol. The van der Waals surface area contributed by atoms with Crippen LogP contribution in [0.3, 0.4) is 0 Å². The summed E-state index contributed by atoms with van der Waals surface area (Å²) in [6.45, 7) is 4.90. The molecule has 0 aliphatic heterocycles. The van der Waals surface area contributed by atoms with Gasteiger partial charge in [0.05, 0.1) is 0 Å². The first-order valence-corrected chi connectivity index (χ1v) is 10.9. The first kappa shape index (κ1) is 18.4. The highest BCUT2D eigenvalue weighted by Gasteiger charge is 2.33. The molecule has 1 aromatic carbocycles. The van der Waals surface area contributed by atoms with E-state index >= 15 is 0 Å². The molecule has 1 saturated carbocycles. The van der Waals surface area contributed by atoms with Crippen LogP contribution in [-0.2, 0) is 23.6 Å². The summed E-state index contributed by atoms with van der Waals surface area (Å²) in [6, 6.07) is 8.63. The zero-order chi connectivity index (χ0) is 17.9. The zero-order valence-electron chi connectivity index (χ0n) is 15.3. The van der Waals surface area contributed by atoms with E-state index in [1.165, 1.54) is 11.1 Å². The molecule has 0 bridgehead atoms. The minimum absolute atomic E-state index is 0.0786. The van der Waals surface area contributed by atoms with Gasteiger partial charge in [-0.25, -0.2) is 4.79 Å². The Labute approximate surface area is 153 Å². The van der Waals surface area contributed by atoms with Gasteiger partial charge in [-0.1, -0.05) is 44.5 Å². The van der Waals surface area contributed by atoms with Crippen LogP contribution in [0.1, 0.15) is 50.7 Å². The number of fused-ring (bicyclic) bond motifs is 1. The molecule has 2 aliphatic rings. The number of rotatable bonds is 5. The number of hydrogen-bond donors (Lipinski definition) is 2. The third-order valence-corrected chi connectivity index (χ3v) is 7.39. The minimum atomic E-state index is -0.756. The molecule has 1 aromatic rings. The van der Waals surface area contributed by atoms with Gasteiger partial charge in [0, 0.05) is 34.4 Å². The van der Waals surface area contributed by atoms with Crippen molar-refractivity contribution in [2.45, 2.75) is 63.7 Å². The van der Waals surface area contributed by atoms with Crippen molar-refractivity contribution >= 4 is 16.8 Å². The molecule has 3 atom stereocenters. The van der Waals surface area contributed by atoms with Crippen molar-refractivity contribution in [2.24, 2.45) is 5.41 Å². The number of hydrogen-bond acceptors (Lipinski definition) is 2. The van der Waals surface area contributed by atoms with Crippen molar-refractivity contribution < 1.29 is 9.00 Å². The Balaban J connectivity index is 1.46. The first-order valence-electron chi connectivity index (χ1n) is 9.47. The van der Waals surface area contributed by atoms with Crippen LogP contribution >= 0.6 is 0 Å².